The number of carboxylic acids is 1. The minimum absolute atomic E-state index is 0.0650. The van der Waals surface area contributed by atoms with E-state index in [-0.39, 0.29) is 23.2 Å². The Balaban J connectivity index is 1.32. The van der Waals surface area contributed by atoms with Crippen molar-refractivity contribution in [1.82, 2.24) is 20.7 Å². The minimum atomic E-state index is -5.02. The summed E-state index contributed by atoms with van der Waals surface area (Å²) in [5, 5.41) is 21.9. The Kier molecular flexibility index (Phi) is 10.2. The third kappa shape index (κ3) is 7.63. The van der Waals surface area contributed by atoms with Gasteiger partial charge in [-0.15, -0.1) is 15.6 Å². The van der Waals surface area contributed by atoms with Crippen molar-refractivity contribution in [1.29, 1.82) is 0 Å². The molecule has 19 heteroatoms. The number of β-lactam (4-membered cyclic amide) rings is 1. The van der Waals surface area contributed by atoms with Crippen LogP contribution >= 0.6 is 11.3 Å². The number of carbonyl (C=O) groups excluding carboxylic acids is 2. The molecular weight excluding hydrogens is 683 g/mol. The molecule has 1 aromatic carbocycles. The quantitative estimate of drug-likeness (QED) is 0.0859. The maximum absolute atomic E-state index is 13.5. The first-order chi connectivity index (χ1) is 23.0. The number of amides is 2. The second-order valence-electron chi connectivity index (χ2n) is 12.7. The van der Waals surface area contributed by atoms with Crippen molar-refractivity contribution < 1.29 is 46.3 Å². The van der Waals surface area contributed by atoms with Crippen LogP contribution in [0.15, 0.2) is 33.7 Å². The van der Waals surface area contributed by atoms with E-state index in [1.807, 2.05) is 12.1 Å². The van der Waals surface area contributed by atoms with Gasteiger partial charge >= 0.3 is 16.4 Å². The number of ether oxygens (including phenoxy) is 1. The number of rotatable bonds is 13. The number of hydrogen-bond acceptors (Lipinski definition) is 14. The molecule has 1 unspecified atom stereocenters. The third-order valence-electron chi connectivity index (χ3n) is 8.79. The highest BCUT2D eigenvalue weighted by Gasteiger charge is 2.58. The number of anilines is 1. The number of aliphatic carboxylic acids is 1. The number of amidine groups is 1. The number of benzene rings is 1. The predicted molar refractivity (Wildman–Crippen MR) is 177 cm³/mol. The standard InChI is InChI=1S/C30H39N7O10S2/c1-5-6-7-22-32-13-18(14-33-22)16-8-10-20-17(12-16)9-11-21(45-20)30(4,27(40)41)46-36-23(19-15-48-28(31)34-19)25(38)35-24-26(39)37(29(24,2)3)47-49(42,43)44/h8,10,12,15,18,21,24H,5-7,9,11,13-14H2,1-4H3,(H2,31,34)(H,32,33)(H,35,38)(H,40,41)(H,42,43,44)/b36-23-/t21-,24-,30+/m1/s1. The second kappa shape index (κ2) is 13.9. The number of aliphatic imine (C=N–C) groups is 1. The van der Waals surface area contributed by atoms with E-state index in [4.69, 9.17) is 24.9 Å². The summed E-state index contributed by atoms with van der Waals surface area (Å²) in [6, 6.07) is 4.48. The van der Waals surface area contributed by atoms with Crippen molar-refractivity contribution in [3.8, 4) is 5.75 Å². The third-order valence-corrected chi connectivity index (χ3v) is 9.80. The molecule has 0 radical (unpaired) electrons. The molecule has 266 valence electrons. The Morgan fingerprint density at radius 1 is 1.35 bits per heavy atom. The Bertz CT molecular complexity index is 1790. The van der Waals surface area contributed by atoms with Gasteiger partial charge in [-0.2, -0.15) is 13.5 Å². The van der Waals surface area contributed by atoms with Gasteiger partial charge in [-0.25, -0.2) is 9.78 Å². The predicted octanol–water partition coefficient (Wildman–Crippen LogP) is 1.80. The van der Waals surface area contributed by atoms with E-state index in [0.29, 0.717) is 23.8 Å². The summed E-state index contributed by atoms with van der Waals surface area (Å²) in [6.07, 6.45) is 2.86. The van der Waals surface area contributed by atoms with Crippen LogP contribution in [0.5, 0.6) is 5.75 Å². The lowest BCUT2D eigenvalue weighted by molar-refractivity contribution is -0.218. The van der Waals surface area contributed by atoms with Crippen molar-refractivity contribution >= 4 is 56.2 Å². The first kappa shape index (κ1) is 36.0. The molecule has 1 aromatic heterocycles. The van der Waals surface area contributed by atoms with Gasteiger partial charge in [0.25, 0.3) is 17.4 Å². The summed E-state index contributed by atoms with van der Waals surface area (Å²) in [4.78, 5) is 53.1. The van der Waals surface area contributed by atoms with Crippen LogP contribution in [0.4, 0.5) is 5.13 Å². The van der Waals surface area contributed by atoms with Gasteiger partial charge in [0.15, 0.2) is 16.9 Å². The molecule has 2 aromatic rings. The van der Waals surface area contributed by atoms with Gasteiger partial charge in [0, 0.05) is 30.8 Å². The van der Waals surface area contributed by atoms with E-state index in [0.717, 1.165) is 54.1 Å². The van der Waals surface area contributed by atoms with Crippen LogP contribution in [0.2, 0.25) is 0 Å². The number of nitrogens with one attached hydrogen (secondary N) is 2. The molecule has 5 rings (SSSR count). The first-order valence-corrected chi connectivity index (χ1v) is 17.9. The zero-order valence-electron chi connectivity index (χ0n) is 27.3. The summed E-state index contributed by atoms with van der Waals surface area (Å²) in [5.74, 6) is -1.66. The molecule has 1 fully saturated rings. The van der Waals surface area contributed by atoms with Crippen LogP contribution in [0.3, 0.4) is 0 Å². The van der Waals surface area contributed by atoms with Gasteiger partial charge in [-0.3, -0.25) is 19.1 Å². The van der Waals surface area contributed by atoms with Gasteiger partial charge in [0.05, 0.1) is 11.4 Å². The first-order valence-electron chi connectivity index (χ1n) is 15.6. The Hall–Kier alpha value is -4.33. The molecule has 0 saturated carbocycles. The van der Waals surface area contributed by atoms with Crippen molar-refractivity contribution in [3.05, 3.63) is 40.4 Å². The van der Waals surface area contributed by atoms with E-state index in [9.17, 15) is 27.9 Å². The number of hydroxylamine groups is 2. The van der Waals surface area contributed by atoms with E-state index in [1.54, 1.807) is 0 Å². The fourth-order valence-electron chi connectivity index (χ4n) is 5.76. The number of thiazole rings is 1. The molecule has 2 amide bonds. The van der Waals surface area contributed by atoms with Gasteiger partial charge in [-0.1, -0.05) is 30.6 Å². The number of hydrogen-bond donors (Lipinski definition) is 5. The van der Waals surface area contributed by atoms with Crippen molar-refractivity contribution in [3.63, 3.8) is 0 Å². The average molecular weight is 722 g/mol. The monoisotopic (exact) mass is 721 g/mol. The summed E-state index contributed by atoms with van der Waals surface area (Å²) in [5.41, 5.74) is 3.73. The van der Waals surface area contributed by atoms with Crippen LogP contribution in [0, 0.1) is 0 Å². The molecule has 6 N–H and O–H groups in total. The fraction of sp³-hybridized carbons (Fsp3) is 0.533. The van der Waals surface area contributed by atoms with Crippen LogP contribution in [0.1, 0.15) is 76.1 Å². The number of nitrogens with two attached hydrogens (primary N) is 1. The van der Waals surface area contributed by atoms with E-state index in [1.165, 1.54) is 26.2 Å². The number of carboxylic acid groups (broad SMARTS) is 1. The second-order valence-corrected chi connectivity index (χ2v) is 14.6. The van der Waals surface area contributed by atoms with E-state index in [2.05, 4.69) is 38.0 Å². The Morgan fingerprint density at radius 2 is 2.10 bits per heavy atom. The Morgan fingerprint density at radius 3 is 2.69 bits per heavy atom. The zero-order chi connectivity index (χ0) is 35.7. The molecule has 0 spiro atoms. The maximum Gasteiger partial charge on any atom is 0.418 e. The van der Waals surface area contributed by atoms with Crippen LogP contribution in [0.25, 0.3) is 0 Å². The molecule has 4 heterocycles. The highest BCUT2D eigenvalue weighted by Crippen LogP contribution is 2.36. The molecule has 4 atom stereocenters. The van der Waals surface area contributed by atoms with Crippen LogP contribution < -0.4 is 21.1 Å². The van der Waals surface area contributed by atoms with Crippen LogP contribution in [-0.2, 0) is 40.3 Å². The number of nitrogens with zero attached hydrogens (tertiary/aromatic N) is 4. The normalized spacial score (nSPS) is 23.2. The molecular formula is C30H39N7O10S2. The summed E-state index contributed by atoms with van der Waals surface area (Å²) < 4.78 is 41.8. The number of oxime groups is 1. The molecule has 3 aliphatic heterocycles. The van der Waals surface area contributed by atoms with E-state index >= 15 is 0 Å². The minimum Gasteiger partial charge on any atom is -0.485 e. The van der Waals surface area contributed by atoms with Gasteiger partial charge in [0.1, 0.15) is 17.5 Å². The topological polar surface area (TPSA) is 244 Å². The van der Waals surface area contributed by atoms with Gasteiger partial charge in [0.2, 0.25) is 0 Å². The summed E-state index contributed by atoms with van der Waals surface area (Å²) in [7, 11) is -5.02. The molecule has 0 aliphatic carbocycles. The lowest BCUT2D eigenvalue weighted by Crippen LogP contribution is -2.76. The lowest BCUT2D eigenvalue weighted by Gasteiger charge is -2.50. The molecule has 17 nitrogen and oxygen atoms in total. The molecule has 3 aliphatic rings. The highest BCUT2D eigenvalue weighted by molar-refractivity contribution is 7.80. The van der Waals surface area contributed by atoms with Crippen molar-refractivity contribution in [2.24, 2.45) is 10.1 Å². The number of fused-ring (bicyclic) bond motifs is 1. The van der Waals surface area contributed by atoms with Gasteiger partial charge in [-0.05, 0) is 57.2 Å². The average Bonchev–Trinajstić information content (AvgIpc) is 3.49. The number of carbonyl (C=O) groups is 3. The maximum atomic E-state index is 13.5. The largest absolute Gasteiger partial charge is 0.485 e. The molecule has 49 heavy (non-hydrogen) atoms. The zero-order valence-corrected chi connectivity index (χ0v) is 29.0. The number of aromatic nitrogens is 1. The summed E-state index contributed by atoms with van der Waals surface area (Å²) >= 11 is 0.979. The fourth-order valence-corrected chi connectivity index (χ4v) is 6.77. The van der Waals surface area contributed by atoms with Crippen molar-refractivity contribution in [2.75, 3.05) is 18.8 Å². The van der Waals surface area contributed by atoms with Gasteiger partial charge < -0.3 is 31.0 Å². The number of unbranched alkanes of at least 4 members (excludes halogenated alkanes) is 1. The SMILES string of the molecule is CCCCC1=NCC(c2ccc3c(c2)CC[C@H]([C@](C)(O/N=C(\C(=O)N[C@@H]2C(=O)N(OS(=O)(=O)O)C2(C)C)c2csc(N)n2)C(=O)O)O3)CN1. The van der Waals surface area contributed by atoms with Crippen LogP contribution in [-0.4, -0.2) is 93.8 Å². The number of nitrogen functional groups attached to an aromatic ring is 1. The highest BCUT2D eigenvalue weighted by atomic mass is 32.3. The Labute approximate surface area is 286 Å². The molecule has 1 saturated heterocycles. The van der Waals surface area contributed by atoms with Crippen molar-refractivity contribution in [2.45, 2.75) is 89.0 Å². The summed E-state index contributed by atoms with van der Waals surface area (Å²) in [6.45, 7) is 7.64. The smallest absolute Gasteiger partial charge is 0.418 e. The lowest BCUT2D eigenvalue weighted by atomic mass is 9.84. The van der Waals surface area contributed by atoms with E-state index < -0.39 is 57.2 Å². The molecule has 0 bridgehead atoms. The number of aryl methyl sites for hydroxylation is 1.